The summed E-state index contributed by atoms with van der Waals surface area (Å²) in [5.41, 5.74) is -1.41. The van der Waals surface area contributed by atoms with E-state index in [2.05, 4.69) is 20.3 Å². The number of nitrogens with zero attached hydrogens (tertiary/aromatic N) is 5. The van der Waals surface area contributed by atoms with E-state index in [1.54, 1.807) is 17.5 Å². The van der Waals surface area contributed by atoms with E-state index in [4.69, 9.17) is 10.5 Å². The number of hydrogen-bond donors (Lipinski definition) is 2. The summed E-state index contributed by atoms with van der Waals surface area (Å²) in [5.74, 6) is -1.35. The highest BCUT2D eigenvalue weighted by Crippen LogP contribution is 2.34. The quantitative estimate of drug-likeness (QED) is 0.558. The van der Waals surface area contributed by atoms with Crippen LogP contribution < -0.4 is 5.32 Å². The molecule has 3 aromatic rings. The fourth-order valence-electron chi connectivity index (χ4n) is 3.76. The lowest BCUT2D eigenvalue weighted by Gasteiger charge is -2.31. The first-order valence-electron chi connectivity index (χ1n) is 10.3. The van der Waals surface area contributed by atoms with E-state index in [1.807, 2.05) is 0 Å². The number of nitriles is 2. The van der Waals surface area contributed by atoms with Gasteiger partial charge in [0.25, 0.3) is 11.8 Å². The molecule has 0 unspecified atom stereocenters. The van der Waals surface area contributed by atoms with E-state index in [0.717, 1.165) is 6.07 Å². The van der Waals surface area contributed by atoms with Gasteiger partial charge >= 0.3 is 6.18 Å². The molecule has 2 amide bonds. The van der Waals surface area contributed by atoms with Crippen molar-refractivity contribution >= 4 is 29.1 Å². The summed E-state index contributed by atoms with van der Waals surface area (Å²) in [6.45, 7) is 0.522. The average Bonchev–Trinajstić information content (AvgIpc) is 3.50. The molecule has 4 rings (SSSR count). The molecule has 0 saturated carbocycles. The lowest BCUT2D eigenvalue weighted by Crippen LogP contribution is -2.38. The Hall–Kier alpha value is -4.23. The smallest absolute Gasteiger partial charge is 0.339 e. The first kappa shape index (κ1) is 23.9. The minimum Gasteiger partial charge on any atom is -0.339 e. The highest BCUT2D eigenvalue weighted by molar-refractivity contribution is 7.10. The number of rotatable bonds is 4. The standard InChI is InChI=1S/C22H16F3N7O2S/c23-22(24,25)14-4-2-1-3-13(14)20(34)32-7-5-12(6-8-32)19-28-17(11-35-19)18(33)31-21-29-15(9-26)16(10-27)30-21/h1-4,11-12H,5-8H2,(H2,29,30,31,33). The molecule has 13 heteroatoms. The third kappa shape index (κ3) is 5.00. The number of aromatic amines is 1. The molecule has 3 heterocycles. The van der Waals surface area contributed by atoms with Crippen molar-refractivity contribution < 1.29 is 22.8 Å². The lowest BCUT2D eigenvalue weighted by molar-refractivity contribution is -0.138. The van der Waals surface area contributed by atoms with Crippen LogP contribution in [0.15, 0.2) is 29.6 Å². The van der Waals surface area contributed by atoms with Crippen LogP contribution in [0, 0.1) is 22.7 Å². The van der Waals surface area contributed by atoms with Gasteiger partial charge in [0.2, 0.25) is 5.95 Å². The van der Waals surface area contributed by atoms with Gasteiger partial charge in [0.1, 0.15) is 17.8 Å². The maximum atomic E-state index is 13.3. The molecule has 1 aliphatic rings. The van der Waals surface area contributed by atoms with Crippen LogP contribution in [0.4, 0.5) is 19.1 Å². The number of carbonyl (C=O) groups is 2. The Morgan fingerprint density at radius 1 is 1.14 bits per heavy atom. The van der Waals surface area contributed by atoms with E-state index in [9.17, 15) is 22.8 Å². The number of carbonyl (C=O) groups excluding carboxylic acids is 2. The fourth-order valence-corrected chi connectivity index (χ4v) is 4.73. The zero-order valence-electron chi connectivity index (χ0n) is 17.9. The number of anilines is 1. The van der Waals surface area contributed by atoms with E-state index < -0.39 is 23.6 Å². The van der Waals surface area contributed by atoms with Crippen LogP contribution in [0.25, 0.3) is 0 Å². The summed E-state index contributed by atoms with van der Waals surface area (Å²) in [4.78, 5) is 37.4. The van der Waals surface area contributed by atoms with Crippen molar-refractivity contribution in [2.45, 2.75) is 24.9 Å². The van der Waals surface area contributed by atoms with Gasteiger partial charge < -0.3 is 9.88 Å². The largest absolute Gasteiger partial charge is 0.417 e. The number of amides is 2. The number of likely N-dealkylation sites (tertiary alicyclic amines) is 1. The van der Waals surface area contributed by atoms with Crippen molar-refractivity contribution in [3.63, 3.8) is 0 Å². The molecular weight excluding hydrogens is 483 g/mol. The van der Waals surface area contributed by atoms with Gasteiger partial charge in [0.05, 0.1) is 16.1 Å². The summed E-state index contributed by atoms with van der Waals surface area (Å²) >= 11 is 1.26. The van der Waals surface area contributed by atoms with E-state index >= 15 is 0 Å². The summed E-state index contributed by atoms with van der Waals surface area (Å²) in [6, 6.07) is 8.25. The molecule has 2 aromatic heterocycles. The molecule has 1 aromatic carbocycles. The number of thiazole rings is 1. The predicted octanol–water partition coefficient (Wildman–Crippen LogP) is 3.90. The van der Waals surface area contributed by atoms with Crippen molar-refractivity contribution in [2.75, 3.05) is 18.4 Å². The number of hydrogen-bond acceptors (Lipinski definition) is 7. The molecule has 0 atom stereocenters. The lowest BCUT2D eigenvalue weighted by atomic mass is 9.96. The number of aromatic nitrogens is 3. The van der Waals surface area contributed by atoms with Crippen LogP contribution in [-0.4, -0.2) is 44.8 Å². The number of nitrogens with one attached hydrogen (secondary N) is 2. The highest BCUT2D eigenvalue weighted by atomic mass is 32.1. The van der Waals surface area contributed by atoms with Gasteiger partial charge in [-0.3, -0.25) is 14.9 Å². The molecular formula is C22H16F3N7O2S. The van der Waals surface area contributed by atoms with Crippen molar-refractivity contribution in [3.8, 4) is 12.1 Å². The van der Waals surface area contributed by atoms with Gasteiger partial charge in [-0.1, -0.05) is 12.1 Å². The molecule has 0 spiro atoms. The Kier molecular flexibility index (Phi) is 6.53. The number of halogens is 3. The van der Waals surface area contributed by atoms with Gasteiger partial charge in [0.15, 0.2) is 11.4 Å². The first-order valence-corrected chi connectivity index (χ1v) is 11.2. The molecule has 9 nitrogen and oxygen atoms in total. The second kappa shape index (κ2) is 9.56. The molecule has 0 bridgehead atoms. The third-order valence-electron chi connectivity index (χ3n) is 5.50. The molecule has 2 N–H and O–H groups in total. The molecule has 1 aliphatic heterocycles. The topological polar surface area (TPSA) is 139 Å². The summed E-state index contributed by atoms with van der Waals surface area (Å²) in [6.07, 6.45) is -3.64. The summed E-state index contributed by atoms with van der Waals surface area (Å²) < 4.78 is 39.8. The van der Waals surface area contributed by atoms with Crippen molar-refractivity contribution in [1.82, 2.24) is 19.9 Å². The van der Waals surface area contributed by atoms with Crippen molar-refractivity contribution in [3.05, 3.63) is 62.9 Å². The molecule has 0 radical (unpaired) electrons. The Morgan fingerprint density at radius 3 is 2.49 bits per heavy atom. The predicted molar refractivity (Wildman–Crippen MR) is 117 cm³/mol. The van der Waals surface area contributed by atoms with Gasteiger partial charge in [0, 0.05) is 24.4 Å². The zero-order chi connectivity index (χ0) is 25.2. The third-order valence-corrected chi connectivity index (χ3v) is 6.51. The van der Waals surface area contributed by atoms with Crippen LogP contribution in [0.1, 0.15) is 61.6 Å². The minimum absolute atomic E-state index is 0.0522. The van der Waals surface area contributed by atoms with Crippen molar-refractivity contribution in [1.29, 1.82) is 10.5 Å². The maximum absolute atomic E-state index is 13.3. The minimum atomic E-state index is -4.62. The van der Waals surface area contributed by atoms with Gasteiger partial charge in [-0.05, 0) is 25.0 Å². The molecule has 0 aliphatic carbocycles. The van der Waals surface area contributed by atoms with Crippen LogP contribution in [-0.2, 0) is 6.18 Å². The first-order chi connectivity index (χ1) is 16.7. The van der Waals surface area contributed by atoms with Crippen molar-refractivity contribution in [2.24, 2.45) is 0 Å². The van der Waals surface area contributed by atoms with Crippen LogP contribution >= 0.6 is 11.3 Å². The van der Waals surface area contributed by atoms with E-state index in [-0.39, 0.29) is 47.6 Å². The average molecular weight is 499 g/mol. The van der Waals surface area contributed by atoms with E-state index in [1.165, 1.54) is 34.4 Å². The van der Waals surface area contributed by atoms with Crippen LogP contribution in [0.3, 0.4) is 0 Å². The van der Waals surface area contributed by atoms with Gasteiger partial charge in [-0.2, -0.15) is 23.7 Å². The molecule has 178 valence electrons. The monoisotopic (exact) mass is 499 g/mol. The number of alkyl halides is 3. The normalized spacial score (nSPS) is 14.3. The summed E-state index contributed by atoms with van der Waals surface area (Å²) in [7, 11) is 0. The van der Waals surface area contributed by atoms with Crippen LogP contribution in [0.5, 0.6) is 0 Å². The second-order valence-electron chi connectivity index (χ2n) is 7.67. The second-order valence-corrected chi connectivity index (χ2v) is 8.56. The SMILES string of the molecule is N#Cc1nc(NC(=O)c2csc(C3CCN(C(=O)c4ccccc4C(F)(F)F)CC3)n2)[nH]c1C#N. The maximum Gasteiger partial charge on any atom is 0.417 e. The summed E-state index contributed by atoms with van der Waals surface area (Å²) in [5, 5.41) is 22.6. The molecule has 1 saturated heterocycles. The molecule has 35 heavy (non-hydrogen) atoms. The molecule has 1 fully saturated rings. The number of H-pyrrole nitrogens is 1. The van der Waals surface area contributed by atoms with Crippen LogP contribution in [0.2, 0.25) is 0 Å². The number of piperidine rings is 1. The van der Waals surface area contributed by atoms with Gasteiger partial charge in [-0.15, -0.1) is 11.3 Å². The zero-order valence-corrected chi connectivity index (χ0v) is 18.7. The Bertz CT molecular complexity index is 1330. The van der Waals surface area contributed by atoms with E-state index in [0.29, 0.717) is 17.8 Å². The highest BCUT2D eigenvalue weighted by Gasteiger charge is 2.36. The fraction of sp³-hybridized carbons (Fsp3) is 0.273. The Balaban J connectivity index is 1.39. The van der Waals surface area contributed by atoms with Gasteiger partial charge in [-0.25, -0.2) is 9.97 Å². The Morgan fingerprint density at radius 2 is 1.86 bits per heavy atom. The number of benzene rings is 1. The number of imidazole rings is 1. The Labute approximate surface area is 200 Å².